The van der Waals surface area contributed by atoms with E-state index in [9.17, 15) is 4.79 Å². The van der Waals surface area contributed by atoms with Gasteiger partial charge < -0.3 is 10.5 Å². The number of rotatable bonds is 1. The highest BCUT2D eigenvalue weighted by Gasteiger charge is 2.37. The lowest BCUT2D eigenvalue weighted by Gasteiger charge is -2.19. The lowest BCUT2D eigenvalue weighted by molar-refractivity contribution is -0.128. The molecule has 1 atom stereocenters. The molecule has 1 rings (SSSR count). The number of hydrogen-bond donors (Lipinski definition) is 1. The molecule has 1 aliphatic heterocycles. The molecule has 0 amide bonds. The molecule has 3 nitrogen and oxygen atoms in total. The maximum absolute atomic E-state index is 11.1. The SMILES string of the molecule is CC[C@]1(C)OC(N)=CC1=O. The topological polar surface area (TPSA) is 52.3 Å². The average molecular weight is 141 g/mol. The Morgan fingerprint density at radius 2 is 2.40 bits per heavy atom. The van der Waals surface area contributed by atoms with Crippen LogP contribution in [-0.2, 0) is 9.53 Å². The summed E-state index contributed by atoms with van der Waals surface area (Å²) in [6.07, 6.45) is 1.99. The first-order chi connectivity index (χ1) is 4.58. The van der Waals surface area contributed by atoms with Crippen molar-refractivity contribution in [3.63, 3.8) is 0 Å². The zero-order valence-electron chi connectivity index (χ0n) is 6.18. The number of carbonyl (C=O) groups is 1. The first kappa shape index (κ1) is 7.12. The summed E-state index contributed by atoms with van der Waals surface area (Å²) >= 11 is 0. The van der Waals surface area contributed by atoms with Crippen LogP contribution >= 0.6 is 0 Å². The van der Waals surface area contributed by atoms with Gasteiger partial charge in [-0.1, -0.05) is 6.92 Å². The van der Waals surface area contributed by atoms with Crippen molar-refractivity contribution in [1.29, 1.82) is 0 Å². The minimum Gasteiger partial charge on any atom is -0.465 e. The molecular formula is C7H11NO2. The second kappa shape index (κ2) is 2.01. The number of ketones is 1. The van der Waals surface area contributed by atoms with Crippen molar-refractivity contribution in [2.45, 2.75) is 25.9 Å². The first-order valence-electron chi connectivity index (χ1n) is 3.29. The molecule has 0 saturated carbocycles. The number of nitrogens with two attached hydrogens (primary N) is 1. The monoisotopic (exact) mass is 141 g/mol. The second-order valence-electron chi connectivity index (χ2n) is 2.60. The van der Waals surface area contributed by atoms with E-state index in [4.69, 9.17) is 10.5 Å². The summed E-state index contributed by atoms with van der Waals surface area (Å²) < 4.78 is 5.10. The molecule has 0 spiro atoms. The molecule has 56 valence electrons. The molecule has 3 heteroatoms. The fourth-order valence-corrected chi connectivity index (χ4v) is 0.868. The number of ether oxygens (including phenoxy) is 1. The van der Waals surface area contributed by atoms with Crippen molar-refractivity contribution in [2.24, 2.45) is 5.73 Å². The second-order valence-corrected chi connectivity index (χ2v) is 2.60. The van der Waals surface area contributed by atoms with Crippen molar-refractivity contribution < 1.29 is 9.53 Å². The number of carbonyl (C=O) groups excluding carboxylic acids is 1. The summed E-state index contributed by atoms with van der Waals surface area (Å²) in [5.74, 6) is 0.196. The molecule has 1 aliphatic rings. The average Bonchev–Trinajstić information content (AvgIpc) is 2.09. The molecule has 0 aromatic heterocycles. The van der Waals surface area contributed by atoms with Crippen molar-refractivity contribution in [2.75, 3.05) is 0 Å². The molecule has 0 radical (unpaired) electrons. The van der Waals surface area contributed by atoms with Gasteiger partial charge in [0, 0.05) is 6.08 Å². The molecule has 10 heavy (non-hydrogen) atoms. The molecule has 0 unspecified atom stereocenters. The maximum atomic E-state index is 11.1. The Kier molecular flexibility index (Phi) is 1.43. The lowest BCUT2D eigenvalue weighted by atomic mass is 9.99. The van der Waals surface area contributed by atoms with Crippen LogP contribution in [0.2, 0.25) is 0 Å². The van der Waals surface area contributed by atoms with E-state index < -0.39 is 5.60 Å². The maximum Gasteiger partial charge on any atom is 0.204 e. The van der Waals surface area contributed by atoms with Crippen LogP contribution in [0.3, 0.4) is 0 Å². The Morgan fingerprint density at radius 3 is 2.60 bits per heavy atom. The Balaban J connectivity index is 2.81. The van der Waals surface area contributed by atoms with E-state index in [-0.39, 0.29) is 11.7 Å². The van der Waals surface area contributed by atoms with Crippen LogP contribution < -0.4 is 5.73 Å². The van der Waals surface area contributed by atoms with Crippen molar-refractivity contribution in [1.82, 2.24) is 0 Å². The Morgan fingerprint density at radius 1 is 1.80 bits per heavy atom. The van der Waals surface area contributed by atoms with Crippen LogP contribution in [0.1, 0.15) is 20.3 Å². The highest BCUT2D eigenvalue weighted by molar-refractivity contribution is 5.98. The van der Waals surface area contributed by atoms with Crippen LogP contribution in [0.25, 0.3) is 0 Å². The largest absolute Gasteiger partial charge is 0.465 e. The highest BCUT2D eigenvalue weighted by atomic mass is 16.5. The fraction of sp³-hybridized carbons (Fsp3) is 0.571. The zero-order chi connectivity index (χ0) is 7.78. The third kappa shape index (κ3) is 0.875. The molecule has 0 saturated heterocycles. The van der Waals surface area contributed by atoms with Gasteiger partial charge in [0.25, 0.3) is 0 Å². The molecule has 0 bridgehead atoms. The van der Waals surface area contributed by atoms with Gasteiger partial charge in [0.1, 0.15) is 0 Å². The third-order valence-corrected chi connectivity index (χ3v) is 1.81. The third-order valence-electron chi connectivity index (χ3n) is 1.81. The molecular weight excluding hydrogens is 130 g/mol. The number of hydrogen-bond acceptors (Lipinski definition) is 3. The van der Waals surface area contributed by atoms with E-state index in [0.29, 0.717) is 6.42 Å². The van der Waals surface area contributed by atoms with Gasteiger partial charge in [-0.3, -0.25) is 4.79 Å². The molecule has 0 aromatic rings. The summed E-state index contributed by atoms with van der Waals surface area (Å²) in [5, 5.41) is 0. The van der Waals surface area contributed by atoms with Gasteiger partial charge in [-0.05, 0) is 13.3 Å². The minimum atomic E-state index is -0.690. The van der Waals surface area contributed by atoms with Crippen molar-refractivity contribution in [3.8, 4) is 0 Å². The molecule has 0 aromatic carbocycles. The summed E-state index contributed by atoms with van der Waals surface area (Å²) in [7, 11) is 0. The van der Waals surface area contributed by atoms with Crippen LogP contribution in [0, 0.1) is 0 Å². The van der Waals surface area contributed by atoms with Crippen LogP contribution in [0.4, 0.5) is 0 Å². The summed E-state index contributed by atoms with van der Waals surface area (Å²) in [6.45, 7) is 3.63. The van der Waals surface area contributed by atoms with Crippen molar-refractivity contribution >= 4 is 5.78 Å². The van der Waals surface area contributed by atoms with E-state index in [1.807, 2.05) is 6.92 Å². The first-order valence-corrected chi connectivity index (χ1v) is 3.29. The normalized spacial score (nSPS) is 31.8. The van der Waals surface area contributed by atoms with E-state index in [0.717, 1.165) is 0 Å². The van der Waals surface area contributed by atoms with E-state index in [1.165, 1.54) is 6.08 Å². The highest BCUT2D eigenvalue weighted by Crippen LogP contribution is 2.24. The Hall–Kier alpha value is -0.990. The van der Waals surface area contributed by atoms with Gasteiger partial charge in [0.05, 0.1) is 0 Å². The minimum absolute atomic E-state index is 0.0347. The van der Waals surface area contributed by atoms with Gasteiger partial charge in [0.15, 0.2) is 11.5 Å². The molecule has 0 fully saturated rings. The Labute approximate surface area is 59.8 Å². The standard InChI is InChI=1S/C7H11NO2/c1-3-7(2)5(9)4-6(8)10-7/h4H,3,8H2,1-2H3/t7-/m0/s1. The fourth-order valence-electron chi connectivity index (χ4n) is 0.868. The summed E-state index contributed by atoms with van der Waals surface area (Å²) in [6, 6.07) is 0. The van der Waals surface area contributed by atoms with Crippen LogP contribution in [0.5, 0.6) is 0 Å². The molecule has 2 N–H and O–H groups in total. The van der Waals surface area contributed by atoms with Crippen molar-refractivity contribution in [3.05, 3.63) is 12.0 Å². The summed E-state index contributed by atoms with van der Waals surface area (Å²) in [4.78, 5) is 11.1. The predicted octanol–water partition coefficient (Wildman–Crippen LogP) is 0.555. The van der Waals surface area contributed by atoms with Gasteiger partial charge in [-0.25, -0.2) is 0 Å². The smallest absolute Gasteiger partial charge is 0.204 e. The lowest BCUT2D eigenvalue weighted by Crippen LogP contribution is -2.31. The summed E-state index contributed by atoms with van der Waals surface area (Å²) in [5.41, 5.74) is 4.60. The van der Waals surface area contributed by atoms with Gasteiger partial charge in [0.2, 0.25) is 5.78 Å². The van der Waals surface area contributed by atoms with E-state index in [1.54, 1.807) is 6.92 Å². The van der Waals surface area contributed by atoms with Crippen LogP contribution in [0.15, 0.2) is 12.0 Å². The van der Waals surface area contributed by atoms with E-state index >= 15 is 0 Å². The van der Waals surface area contributed by atoms with Gasteiger partial charge >= 0.3 is 0 Å². The molecule has 0 aliphatic carbocycles. The molecule has 1 heterocycles. The van der Waals surface area contributed by atoms with Gasteiger partial charge in [-0.15, -0.1) is 0 Å². The Bertz CT molecular complexity index is 198. The van der Waals surface area contributed by atoms with Gasteiger partial charge in [-0.2, -0.15) is 0 Å². The predicted molar refractivity (Wildman–Crippen MR) is 37.1 cm³/mol. The van der Waals surface area contributed by atoms with Crippen LogP contribution in [-0.4, -0.2) is 11.4 Å². The van der Waals surface area contributed by atoms with E-state index in [2.05, 4.69) is 0 Å². The zero-order valence-corrected chi connectivity index (χ0v) is 6.18. The quantitative estimate of drug-likeness (QED) is 0.580.